The Morgan fingerprint density at radius 3 is 2.33 bits per heavy atom. The number of allylic oxidation sites excluding steroid dienone is 1. The van der Waals surface area contributed by atoms with Crippen molar-refractivity contribution in [2.24, 2.45) is 21.3 Å². The average molecular weight is 835 g/mol. The number of hydrogen-bond acceptors (Lipinski definition) is 11. The number of aromatic nitrogens is 2. The number of hydrogen-bond donors (Lipinski definition) is 4. The molecule has 10 rings (SSSR count). The summed E-state index contributed by atoms with van der Waals surface area (Å²) >= 11 is 0. The molecule has 5 atom stereocenters. The van der Waals surface area contributed by atoms with Gasteiger partial charge < -0.3 is 35.4 Å². The Bertz CT molecular complexity index is 2320. The molecule has 4 N–H and O–H groups in total. The van der Waals surface area contributed by atoms with Crippen LogP contribution in [0.2, 0.25) is 0 Å². The normalized spacial score (nSPS) is 29.1. The highest BCUT2D eigenvalue weighted by Gasteiger charge is 2.69. The fraction of sp³-hybridized carbons (Fsp3) is 0.522. The van der Waals surface area contributed by atoms with Crippen LogP contribution < -0.4 is 15.5 Å². The maximum absolute atomic E-state index is 14.0. The Morgan fingerprint density at radius 1 is 0.836 bits per heavy atom. The van der Waals surface area contributed by atoms with E-state index in [1.165, 1.54) is 0 Å². The van der Waals surface area contributed by atoms with E-state index in [2.05, 4.69) is 21.6 Å². The Balaban J connectivity index is 0.899. The zero-order valence-corrected chi connectivity index (χ0v) is 34.2. The number of nitrogens with zero attached hydrogens (tertiary/aromatic N) is 6. The van der Waals surface area contributed by atoms with Crippen LogP contribution in [0, 0.1) is 11.3 Å². The van der Waals surface area contributed by atoms with Gasteiger partial charge in [0.05, 0.1) is 35.4 Å². The average Bonchev–Trinajstić information content (AvgIpc) is 3.72. The molecule has 0 radical (unpaired) electrons. The molecule has 4 fully saturated rings. The number of aliphatic carboxylic acids is 2. The van der Waals surface area contributed by atoms with Crippen molar-refractivity contribution in [3.05, 3.63) is 82.6 Å². The molecule has 5 unspecified atom stereocenters. The number of benzene rings is 2. The standard InChI is InChI=1S/C46H52F2N8O5/c47-44(48)19-21-55(22-20-44)42-52-36-10-4-8-33(36)39(54-42)50-31-6-3-5-28(27-31)34-15-17-46(34,41(59)60)37-16-18-45(37,40(57)58)29-11-13-30(14-12-29)49-38-32-7-1-2-9-35(32)51-43(53-38)56-23-25-61-26-24-56/h3,5-6,8,11-14,27,34,37,39,50H,1-2,4,7,9-10,15-26H2,(H,57,58)(H,59,60)(H,49,51,53). The van der Waals surface area contributed by atoms with E-state index >= 15 is 0 Å². The molecule has 2 saturated carbocycles. The molecule has 61 heavy (non-hydrogen) atoms. The summed E-state index contributed by atoms with van der Waals surface area (Å²) < 4.78 is 33.5. The number of fused-ring (bicyclic) bond motifs is 2. The number of alkyl halides is 2. The molecule has 3 aliphatic heterocycles. The van der Waals surface area contributed by atoms with E-state index in [0.717, 1.165) is 96.9 Å². The summed E-state index contributed by atoms with van der Waals surface area (Å²) in [5.41, 5.74) is 4.38. The number of anilines is 4. The molecule has 0 amide bonds. The number of piperidine rings is 1. The van der Waals surface area contributed by atoms with Crippen molar-refractivity contribution in [3.8, 4) is 0 Å². The number of carbonyl (C=O) groups is 2. The number of likely N-dealkylation sites (tertiary alicyclic amines) is 1. The lowest BCUT2D eigenvalue weighted by atomic mass is 9.40. The van der Waals surface area contributed by atoms with E-state index in [4.69, 9.17) is 24.7 Å². The predicted molar refractivity (Wildman–Crippen MR) is 227 cm³/mol. The lowest BCUT2D eigenvalue weighted by Crippen LogP contribution is -2.64. The summed E-state index contributed by atoms with van der Waals surface area (Å²) in [7, 11) is 0. The smallest absolute Gasteiger partial charge is 0.314 e. The number of ether oxygens (including phenoxy) is 1. The molecule has 7 aliphatic rings. The summed E-state index contributed by atoms with van der Waals surface area (Å²) in [5.74, 6) is -3.75. The Labute approximate surface area is 353 Å². The predicted octanol–water partition coefficient (Wildman–Crippen LogP) is 7.32. The minimum atomic E-state index is -2.68. The molecule has 15 heteroatoms. The summed E-state index contributed by atoms with van der Waals surface area (Å²) in [4.78, 5) is 50.7. The van der Waals surface area contributed by atoms with Crippen molar-refractivity contribution in [2.75, 3.05) is 54.9 Å². The lowest BCUT2D eigenvalue weighted by molar-refractivity contribution is -0.182. The lowest BCUT2D eigenvalue weighted by Gasteiger charge is -2.61. The van der Waals surface area contributed by atoms with Crippen LogP contribution >= 0.6 is 0 Å². The van der Waals surface area contributed by atoms with Gasteiger partial charge in [0.2, 0.25) is 11.9 Å². The van der Waals surface area contributed by atoms with Crippen LogP contribution in [0.15, 0.2) is 70.2 Å². The molecule has 0 bridgehead atoms. The van der Waals surface area contributed by atoms with Crippen molar-refractivity contribution in [1.29, 1.82) is 0 Å². The van der Waals surface area contributed by atoms with Gasteiger partial charge in [-0.2, -0.15) is 4.98 Å². The first-order valence-electron chi connectivity index (χ1n) is 22.0. The zero-order chi connectivity index (χ0) is 41.9. The number of guanidine groups is 1. The van der Waals surface area contributed by atoms with Crippen molar-refractivity contribution in [3.63, 3.8) is 0 Å². The van der Waals surface area contributed by atoms with Gasteiger partial charge in [-0.1, -0.05) is 30.3 Å². The van der Waals surface area contributed by atoms with Crippen LogP contribution in [-0.2, 0) is 32.6 Å². The number of rotatable bonds is 10. The molecule has 13 nitrogen and oxygen atoms in total. The monoisotopic (exact) mass is 834 g/mol. The van der Waals surface area contributed by atoms with Crippen molar-refractivity contribution in [2.45, 2.75) is 100 Å². The number of aliphatic imine (C=N–C) groups is 2. The zero-order valence-electron chi connectivity index (χ0n) is 34.2. The third-order valence-electron chi connectivity index (χ3n) is 14.6. The molecule has 2 saturated heterocycles. The second-order valence-electron chi connectivity index (χ2n) is 17.8. The minimum absolute atomic E-state index is 0.185. The van der Waals surface area contributed by atoms with E-state index in [9.17, 15) is 28.6 Å². The first-order chi connectivity index (χ1) is 29.5. The third kappa shape index (κ3) is 6.92. The van der Waals surface area contributed by atoms with Crippen LogP contribution in [-0.4, -0.2) is 100 Å². The minimum Gasteiger partial charge on any atom is -0.481 e. The van der Waals surface area contributed by atoms with Crippen LogP contribution in [0.4, 0.5) is 31.9 Å². The second-order valence-corrected chi connectivity index (χ2v) is 17.8. The number of carboxylic acid groups (broad SMARTS) is 2. The highest BCUT2D eigenvalue weighted by molar-refractivity contribution is 6.11. The summed E-state index contributed by atoms with van der Waals surface area (Å²) in [5, 5.41) is 29.2. The second kappa shape index (κ2) is 15.5. The Kier molecular flexibility index (Phi) is 10.1. The van der Waals surface area contributed by atoms with Gasteiger partial charge in [0.1, 0.15) is 12.0 Å². The fourth-order valence-electron chi connectivity index (χ4n) is 11.1. The Morgan fingerprint density at radius 2 is 1.62 bits per heavy atom. The van der Waals surface area contributed by atoms with E-state index in [0.29, 0.717) is 56.4 Å². The highest BCUT2D eigenvalue weighted by Crippen LogP contribution is 2.68. The van der Waals surface area contributed by atoms with Gasteiger partial charge >= 0.3 is 11.9 Å². The quantitative estimate of drug-likeness (QED) is 0.162. The van der Waals surface area contributed by atoms with Gasteiger partial charge in [-0.3, -0.25) is 9.59 Å². The van der Waals surface area contributed by atoms with Gasteiger partial charge in [-0.25, -0.2) is 23.7 Å². The SMILES string of the molecule is O=C(O)C1(c2ccc(Nc3nc(N4CCOCC4)nc4c3CCCC4)cc2)CCC1C1(C(=O)O)CCC1c1cccc(NC2N=C(N3CCC(F)(F)CC3)N=C3CCC=C32)c1. The number of carboxylic acids is 2. The molecule has 2 aromatic carbocycles. The van der Waals surface area contributed by atoms with Gasteiger partial charge in [0.15, 0.2) is 0 Å². The summed E-state index contributed by atoms with van der Waals surface area (Å²) in [6.45, 7) is 3.09. The molecule has 1 aromatic heterocycles. The summed E-state index contributed by atoms with van der Waals surface area (Å²) in [6, 6.07) is 15.2. The molecule has 320 valence electrons. The number of morpholine rings is 1. The highest BCUT2D eigenvalue weighted by atomic mass is 19.3. The Hall–Kier alpha value is -5.44. The van der Waals surface area contributed by atoms with Gasteiger partial charge in [-0.15, -0.1) is 0 Å². The molecular formula is C46H52F2N8O5. The number of nitrogens with one attached hydrogen (secondary N) is 2. The number of halogens is 2. The fourth-order valence-corrected chi connectivity index (χ4v) is 11.1. The van der Waals surface area contributed by atoms with Crippen molar-refractivity contribution >= 4 is 46.8 Å². The first-order valence-corrected chi connectivity index (χ1v) is 22.0. The van der Waals surface area contributed by atoms with Crippen LogP contribution in [0.3, 0.4) is 0 Å². The molecule has 3 aromatic rings. The maximum Gasteiger partial charge on any atom is 0.314 e. The van der Waals surface area contributed by atoms with E-state index in [1.807, 2.05) is 53.4 Å². The first kappa shape index (κ1) is 39.7. The van der Waals surface area contributed by atoms with Crippen molar-refractivity contribution < 1.29 is 33.3 Å². The van der Waals surface area contributed by atoms with Crippen LogP contribution in [0.25, 0.3) is 0 Å². The molecule has 4 heterocycles. The molecular weight excluding hydrogens is 783 g/mol. The molecule has 0 spiro atoms. The topological polar surface area (TPSA) is 165 Å². The van der Waals surface area contributed by atoms with Crippen LogP contribution in [0.5, 0.6) is 0 Å². The molecule has 4 aliphatic carbocycles. The van der Waals surface area contributed by atoms with E-state index in [-0.39, 0.29) is 25.9 Å². The van der Waals surface area contributed by atoms with Crippen molar-refractivity contribution in [1.82, 2.24) is 14.9 Å². The maximum atomic E-state index is 14.0. The van der Waals surface area contributed by atoms with Gasteiger partial charge in [-0.05, 0) is 106 Å². The summed E-state index contributed by atoms with van der Waals surface area (Å²) in [6.07, 6.45) is 8.52. The van der Waals surface area contributed by atoms with E-state index in [1.54, 1.807) is 0 Å². The largest absolute Gasteiger partial charge is 0.481 e. The van der Waals surface area contributed by atoms with Crippen LogP contribution in [0.1, 0.15) is 92.5 Å². The third-order valence-corrected chi connectivity index (χ3v) is 14.6. The number of aryl methyl sites for hydroxylation is 1. The van der Waals surface area contributed by atoms with Gasteiger partial charge in [0.25, 0.3) is 5.92 Å². The van der Waals surface area contributed by atoms with E-state index < -0.39 is 46.7 Å². The van der Waals surface area contributed by atoms with Gasteiger partial charge in [0, 0.05) is 67.4 Å².